The molecule has 13 heavy (non-hydrogen) atoms. The van der Waals surface area contributed by atoms with E-state index in [4.69, 9.17) is 16.9 Å². The van der Waals surface area contributed by atoms with E-state index in [2.05, 4.69) is 15.8 Å². The number of anilines is 1. The van der Waals surface area contributed by atoms with Crippen LogP contribution in [-0.2, 0) is 0 Å². The maximum Gasteiger partial charge on any atom is 0.167 e. The minimum absolute atomic E-state index is 0.424. The highest BCUT2D eigenvalue weighted by molar-refractivity contribution is 7.07. The second-order valence-electron chi connectivity index (χ2n) is 3.06. The molecule has 68 valence electrons. The lowest BCUT2D eigenvalue weighted by Crippen LogP contribution is -2.27. The summed E-state index contributed by atoms with van der Waals surface area (Å²) in [5.74, 6) is 0. The van der Waals surface area contributed by atoms with Gasteiger partial charge in [0.1, 0.15) is 16.6 Å². The van der Waals surface area contributed by atoms with Crippen LogP contribution in [0.3, 0.4) is 0 Å². The van der Waals surface area contributed by atoms with Gasteiger partial charge in [-0.05, 0) is 30.8 Å². The van der Waals surface area contributed by atoms with Crippen LogP contribution in [0.2, 0.25) is 5.15 Å². The van der Waals surface area contributed by atoms with Crippen LogP contribution in [0.25, 0.3) is 0 Å². The molecule has 2 rings (SSSR count). The van der Waals surface area contributed by atoms with Crippen LogP contribution in [0.1, 0.15) is 24.1 Å². The summed E-state index contributed by atoms with van der Waals surface area (Å²) in [5, 5.41) is 12.4. The molecule has 0 aromatic carbocycles. The van der Waals surface area contributed by atoms with Crippen molar-refractivity contribution in [1.29, 1.82) is 5.26 Å². The molecule has 1 aromatic heterocycles. The smallest absolute Gasteiger partial charge is 0.167 e. The van der Waals surface area contributed by atoms with Gasteiger partial charge in [0, 0.05) is 6.04 Å². The lowest BCUT2D eigenvalue weighted by molar-refractivity contribution is 0.445. The van der Waals surface area contributed by atoms with Gasteiger partial charge in [-0.25, -0.2) is 0 Å². The molecule has 0 aliphatic heterocycles. The van der Waals surface area contributed by atoms with Crippen molar-refractivity contribution in [3.8, 4) is 6.07 Å². The van der Waals surface area contributed by atoms with Gasteiger partial charge in [-0.2, -0.15) is 9.64 Å². The van der Waals surface area contributed by atoms with Gasteiger partial charge in [0.2, 0.25) is 0 Å². The van der Waals surface area contributed by atoms with Gasteiger partial charge >= 0.3 is 0 Å². The molecule has 0 unspecified atom stereocenters. The van der Waals surface area contributed by atoms with Crippen molar-refractivity contribution < 1.29 is 0 Å². The fourth-order valence-electron chi connectivity index (χ4n) is 1.23. The van der Waals surface area contributed by atoms with E-state index >= 15 is 0 Å². The maximum absolute atomic E-state index is 8.76. The van der Waals surface area contributed by atoms with Crippen molar-refractivity contribution in [2.45, 2.75) is 25.3 Å². The summed E-state index contributed by atoms with van der Waals surface area (Å²) in [6.45, 7) is 0. The van der Waals surface area contributed by atoms with Gasteiger partial charge in [-0.3, -0.25) is 0 Å². The zero-order valence-corrected chi connectivity index (χ0v) is 8.45. The first-order valence-electron chi connectivity index (χ1n) is 4.13. The van der Waals surface area contributed by atoms with Crippen molar-refractivity contribution >= 4 is 28.8 Å². The highest BCUT2D eigenvalue weighted by Crippen LogP contribution is 2.32. The Morgan fingerprint density at radius 3 is 2.92 bits per heavy atom. The van der Waals surface area contributed by atoms with Crippen LogP contribution in [0.4, 0.5) is 5.69 Å². The monoisotopic (exact) mass is 213 g/mol. The fraction of sp³-hybridized carbons (Fsp3) is 0.500. The van der Waals surface area contributed by atoms with Crippen LogP contribution < -0.4 is 5.32 Å². The van der Waals surface area contributed by atoms with Gasteiger partial charge in [-0.15, -0.1) is 0 Å². The molecule has 0 amide bonds. The van der Waals surface area contributed by atoms with E-state index in [9.17, 15) is 0 Å². The molecule has 0 saturated heterocycles. The van der Waals surface area contributed by atoms with Crippen molar-refractivity contribution in [2.75, 3.05) is 5.32 Å². The number of nitrogens with one attached hydrogen (secondary N) is 1. The fourth-order valence-corrected chi connectivity index (χ4v) is 2.09. The summed E-state index contributed by atoms with van der Waals surface area (Å²) in [6, 6.07) is 2.57. The first-order valence-corrected chi connectivity index (χ1v) is 5.28. The minimum Gasteiger partial charge on any atom is -0.378 e. The molecule has 1 fully saturated rings. The molecule has 1 aromatic rings. The van der Waals surface area contributed by atoms with Crippen LogP contribution in [-0.4, -0.2) is 10.4 Å². The van der Waals surface area contributed by atoms with Crippen molar-refractivity contribution in [1.82, 2.24) is 4.37 Å². The molecular formula is C8H8ClN3S. The SMILES string of the molecule is N#Cc1snc(Cl)c1NC1CCC1. The van der Waals surface area contributed by atoms with E-state index < -0.39 is 0 Å². The van der Waals surface area contributed by atoms with Gasteiger partial charge in [0.15, 0.2) is 5.15 Å². The predicted molar refractivity (Wildman–Crippen MR) is 53.1 cm³/mol. The molecular weight excluding hydrogens is 206 g/mol. The van der Waals surface area contributed by atoms with Crippen LogP contribution >= 0.6 is 23.1 Å². The molecule has 1 heterocycles. The number of aromatic nitrogens is 1. The second-order valence-corrected chi connectivity index (χ2v) is 4.19. The Hall–Kier alpha value is -0.790. The molecule has 1 aliphatic carbocycles. The summed E-state index contributed by atoms with van der Waals surface area (Å²) in [7, 11) is 0. The zero-order chi connectivity index (χ0) is 9.26. The second kappa shape index (κ2) is 3.52. The first-order chi connectivity index (χ1) is 6.31. The lowest BCUT2D eigenvalue weighted by Gasteiger charge is -2.26. The van der Waals surface area contributed by atoms with Gasteiger partial charge in [-0.1, -0.05) is 11.6 Å². The van der Waals surface area contributed by atoms with E-state index in [1.165, 1.54) is 6.42 Å². The third-order valence-electron chi connectivity index (χ3n) is 2.21. The summed E-state index contributed by atoms with van der Waals surface area (Å²) < 4.78 is 3.92. The maximum atomic E-state index is 8.76. The quantitative estimate of drug-likeness (QED) is 0.822. The third-order valence-corrected chi connectivity index (χ3v) is 3.33. The largest absolute Gasteiger partial charge is 0.378 e. The van der Waals surface area contributed by atoms with Crippen molar-refractivity contribution in [2.24, 2.45) is 0 Å². The van der Waals surface area contributed by atoms with Crippen molar-refractivity contribution in [3.05, 3.63) is 10.0 Å². The highest BCUT2D eigenvalue weighted by atomic mass is 35.5. The lowest BCUT2D eigenvalue weighted by atomic mass is 9.93. The number of nitrogens with zero attached hydrogens (tertiary/aromatic N) is 2. The number of nitriles is 1. The summed E-state index contributed by atoms with van der Waals surface area (Å²) in [5.41, 5.74) is 0.721. The first kappa shape index (κ1) is 8.79. The van der Waals surface area contributed by atoms with Crippen LogP contribution in [0, 0.1) is 11.3 Å². The van der Waals surface area contributed by atoms with Crippen LogP contribution in [0.5, 0.6) is 0 Å². The molecule has 1 aliphatic rings. The van der Waals surface area contributed by atoms with Gasteiger partial charge < -0.3 is 5.32 Å². The average molecular weight is 214 g/mol. The van der Waals surface area contributed by atoms with Crippen molar-refractivity contribution in [3.63, 3.8) is 0 Å². The number of rotatable bonds is 2. The van der Waals surface area contributed by atoms with Gasteiger partial charge in [0.25, 0.3) is 0 Å². The molecule has 0 atom stereocenters. The van der Waals surface area contributed by atoms with E-state index in [0.29, 0.717) is 16.1 Å². The normalized spacial score (nSPS) is 16.3. The van der Waals surface area contributed by atoms with Gasteiger partial charge in [0.05, 0.1) is 0 Å². The molecule has 1 N–H and O–H groups in total. The van der Waals surface area contributed by atoms with Crippen LogP contribution in [0.15, 0.2) is 0 Å². The third kappa shape index (κ3) is 1.62. The molecule has 0 radical (unpaired) electrons. The Bertz CT molecular complexity index is 351. The Kier molecular flexibility index (Phi) is 2.38. The Morgan fingerprint density at radius 1 is 1.62 bits per heavy atom. The number of hydrogen-bond acceptors (Lipinski definition) is 4. The summed E-state index contributed by atoms with van der Waals surface area (Å²) in [4.78, 5) is 0.580. The Morgan fingerprint density at radius 2 is 2.38 bits per heavy atom. The Balaban J connectivity index is 2.17. The summed E-state index contributed by atoms with van der Waals surface area (Å²) in [6.07, 6.45) is 3.59. The minimum atomic E-state index is 0.424. The summed E-state index contributed by atoms with van der Waals surface area (Å²) >= 11 is 6.98. The average Bonchev–Trinajstić information content (AvgIpc) is 2.39. The van der Waals surface area contributed by atoms with E-state index in [1.54, 1.807) is 0 Å². The topological polar surface area (TPSA) is 48.7 Å². The molecule has 0 bridgehead atoms. The predicted octanol–water partition coefficient (Wildman–Crippen LogP) is 2.63. The van der Waals surface area contributed by atoms with E-state index in [0.717, 1.165) is 30.1 Å². The van der Waals surface area contributed by atoms with E-state index in [-0.39, 0.29) is 0 Å². The number of hydrogen-bond donors (Lipinski definition) is 1. The highest BCUT2D eigenvalue weighted by Gasteiger charge is 2.21. The molecule has 3 nitrogen and oxygen atoms in total. The molecule has 0 spiro atoms. The van der Waals surface area contributed by atoms with E-state index in [1.807, 2.05) is 0 Å². The number of halogens is 1. The Labute approximate surface area is 85.5 Å². The standard InChI is InChI=1S/C8H8ClN3S/c9-8-7(6(4-10)13-12-8)11-5-2-1-3-5/h5,11H,1-3H2. The molecule has 1 saturated carbocycles. The molecule has 5 heteroatoms. The zero-order valence-electron chi connectivity index (χ0n) is 6.88.